The summed E-state index contributed by atoms with van der Waals surface area (Å²) in [6, 6.07) is 7.44. The Morgan fingerprint density at radius 2 is 1.58 bits per heavy atom. The van der Waals surface area contributed by atoms with Crippen LogP contribution >= 0.6 is 34.8 Å². The first kappa shape index (κ1) is 14.6. The van der Waals surface area contributed by atoms with E-state index in [2.05, 4.69) is 0 Å². The fourth-order valence-electron chi connectivity index (χ4n) is 1.85. The van der Waals surface area contributed by atoms with Crippen molar-refractivity contribution in [3.63, 3.8) is 0 Å². The van der Waals surface area contributed by atoms with Gasteiger partial charge in [0.25, 0.3) is 0 Å². The van der Waals surface area contributed by atoms with Crippen LogP contribution in [0.1, 0.15) is 22.7 Å². The minimum Gasteiger partial charge on any atom is -0.320 e. The summed E-state index contributed by atoms with van der Waals surface area (Å²) in [5.41, 5.74) is 8.00. The SMILES string of the molecule is Cc1cc(C(N)c2cc(Cl)cc(Cl)c2)c(Cl)cc1F. The highest BCUT2D eigenvalue weighted by Crippen LogP contribution is 2.31. The summed E-state index contributed by atoms with van der Waals surface area (Å²) in [4.78, 5) is 0. The van der Waals surface area contributed by atoms with Crippen LogP contribution in [-0.4, -0.2) is 0 Å². The van der Waals surface area contributed by atoms with Gasteiger partial charge in [-0.05, 0) is 53.9 Å². The Labute approximate surface area is 126 Å². The zero-order valence-electron chi connectivity index (χ0n) is 10.1. The molecule has 0 aromatic heterocycles. The summed E-state index contributed by atoms with van der Waals surface area (Å²) in [6.07, 6.45) is 0. The monoisotopic (exact) mass is 317 g/mol. The van der Waals surface area contributed by atoms with Crippen molar-refractivity contribution >= 4 is 34.8 Å². The second-order valence-electron chi connectivity index (χ2n) is 4.30. The molecule has 5 heteroatoms. The first-order chi connectivity index (χ1) is 8.88. The third kappa shape index (κ3) is 3.21. The maximum absolute atomic E-state index is 13.4. The number of hydrogen-bond acceptors (Lipinski definition) is 1. The van der Waals surface area contributed by atoms with Gasteiger partial charge in [-0.2, -0.15) is 0 Å². The van der Waals surface area contributed by atoms with Crippen molar-refractivity contribution in [2.45, 2.75) is 13.0 Å². The van der Waals surface area contributed by atoms with Gasteiger partial charge in [0.2, 0.25) is 0 Å². The zero-order valence-corrected chi connectivity index (χ0v) is 12.3. The average molecular weight is 319 g/mol. The molecule has 19 heavy (non-hydrogen) atoms. The van der Waals surface area contributed by atoms with E-state index in [1.165, 1.54) is 6.07 Å². The second-order valence-corrected chi connectivity index (χ2v) is 5.58. The molecule has 100 valence electrons. The Morgan fingerprint density at radius 1 is 1.00 bits per heavy atom. The smallest absolute Gasteiger partial charge is 0.127 e. The molecule has 1 atom stereocenters. The standard InChI is InChI=1S/C14H11Cl3FN/c1-7-2-11(12(17)6-13(7)18)14(19)8-3-9(15)5-10(16)4-8/h2-6,14H,19H2,1H3. The highest BCUT2D eigenvalue weighted by Gasteiger charge is 2.15. The highest BCUT2D eigenvalue weighted by molar-refractivity contribution is 6.34. The van der Waals surface area contributed by atoms with Crippen LogP contribution in [0, 0.1) is 12.7 Å². The van der Waals surface area contributed by atoms with Crippen LogP contribution < -0.4 is 5.73 Å². The Morgan fingerprint density at radius 3 is 2.16 bits per heavy atom. The molecular weight excluding hydrogens is 308 g/mol. The number of halogens is 4. The maximum Gasteiger partial charge on any atom is 0.127 e. The molecule has 0 aliphatic heterocycles. The van der Waals surface area contributed by atoms with Gasteiger partial charge < -0.3 is 5.73 Å². The van der Waals surface area contributed by atoms with Gasteiger partial charge in [0, 0.05) is 15.1 Å². The van der Waals surface area contributed by atoms with E-state index in [1.54, 1.807) is 31.2 Å². The molecule has 2 rings (SSSR count). The molecule has 0 aliphatic rings. The van der Waals surface area contributed by atoms with Crippen molar-refractivity contribution in [1.29, 1.82) is 0 Å². The number of aryl methyl sites for hydroxylation is 1. The van der Waals surface area contributed by atoms with Crippen molar-refractivity contribution < 1.29 is 4.39 Å². The van der Waals surface area contributed by atoms with Gasteiger partial charge in [-0.15, -0.1) is 0 Å². The van der Waals surface area contributed by atoms with Crippen molar-refractivity contribution in [3.05, 3.63) is 67.9 Å². The largest absolute Gasteiger partial charge is 0.320 e. The Bertz CT molecular complexity index is 608. The van der Waals surface area contributed by atoms with Crippen LogP contribution in [0.4, 0.5) is 4.39 Å². The molecule has 1 unspecified atom stereocenters. The van der Waals surface area contributed by atoms with E-state index < -0.39 is 6.04 Å². The lowest BCUT2D eigenvalue weighted by molar-refractivity contribution is 0.617. The maximum atomic E-state index is 13.4. The van der Waals surface area contributed by atoms with Crippen molar-refractivity contribution in [2.24, 2.45) is 5.73 Å². The molecule has 0 heterocycles. The molecular formula is C14H11Cl3FN. The first-order valence-electron chi connectivity index (χ1n) is 5.55. The Kier molecular flexibility index (Phi) is 4.36. The second kappa shape index (κ2) is 5.68. The molecule has 0 radical (unpaired) electrons. The number of benzene rings is 2. The summed E-state index contributed by atoms with van der Waals surface area (Å²) in [5, 5.41) is 1.27. The summed E-state index contributed by atoms with van der Waals surface area (Å²) >= 11 is 17.9. The average Bonchev–Trinajstić information content (AvgIpc) is 2.31. The van der Waals surface area contributed by atoms with E-state index in [4.69, 9.17) is 40.5 Å². The number of rotatable bonds is 2. The fraction of sp³-hybridized carbons (Fsp3) is 0.143. The van der Waals surface area contributed by atoms with Gasteiger partial charge in [0.05, 0.1) is 6.04 Å². The van der Waals surface area contributed by atoms with Gasteiger partial charge in [-0.1, -0.05) is 34.8 Å². The molecule has 2 N–H and O–H groups in total. The lowest BCUT2D eigenvalue weighted by atomic mass is 9.98. The number of nitrogens with two attached hydrogens (primary N) is 1. The summed E-state index contributed by atoms with van der Waals surface area (Å²) in [6.45, 7) is 1.66. The number of hydrogen-bond donors (Lipinski definition) is 1. The van der Waals surface area contributed by atoms with E-state index in [9.17, 15) is 4.39 Å². The Balaban J connectivity index is 2.49. The third-order valence-electron chi connectivity index (χ3n) is 2.86. The predicted molar refractivity (Wildman–Crippen MR) is 78.6 cm³/mol. The molecule has 0 saturated carbocycles. The molecule has 0 aliphatic carbocycles. The summed E-state index contributed by atoms with van der Waals surface area (Å²) in [7, 11) is 0. The minimum atomic E-state index is -0.511. The van der Waals surface area contributed by atoms with Crippen LogP contribution in [0.2, 0.25) is 15.1 Å². The van der Waals surface area contributed by atoms with Crippen LogP contribution in [0.25, 0.3) is 0 Å². The van der Waals surface area contributed by atoms with Crippen LogP contribution in [0.3, 0.4) is 0 Å². The van der Waals surface area contributed by atoms with E-state index >= 15 is 0 Å². The van der Waals surface area contributed by atoms with Gasteiger partial charge in [-0.3, -0.25) is 0 Å². The van der Waals surface area contributed by atoms with Gasteiger partial charge in [0.1, 0.15) is 5.82 Å². The third-order valence-corrected chi connectivity index (χ3v) is 3.62. The molecule has 1 nitrogen and oxygen atoms in total. The topological polar surface area (TPSA) is 26.0 Å². The molecule has 0 saturated heterocycles. The molecule has 2 aromatic carbocycles. The van der Waals surface area contributed by atoms with E-state index in [1.807, 2.05) is 0 Å². The molecule has 0 fully saturated rings. The van der Waals surface area contributed by atoms with Gasteiger partial charge in [-0.25, -0.2) is 4.39 Å². The van der Waals surface area contributed by atoms with Crippen LogP contribution in [0.5, 0.6) is 0 Å². The fourth-order valence-corrected chi connectivity index (χ4v) is 2.66. The van der Waals surface area contributed by atoms with E-state index in [-0.39, 0.29) is 10.8 Å². The van der Waals surface area contributed by atoms with Crippen LogP contribution in [-0.2, 0) is 0 Å². The first-order valence-corrected chi connectivity index (χ1v) is 6.69. The molecule has 2 aromatic rings. The molecule has 0 bridgehead atoms. The highest BCUT2D eigenvalue weighted by atomic mass is 35.5. The minimum absolute atomic E-state index is 0.284. The lowest BCUT2D eigenvalue weighted by Crippen LogP contribution is -2.13. The van der Waals surface area contributed by atoms with E-state index in [0.717, 1.165) is 5.56 Å². The summed E-state index contributed by atoms with van der Waals surface area (Å²) < 4.78 is 13.4. The molecule has 0 spiro atoms. The normalized spacial score (nSPS) is 12.5. The zero-order chi connectivity index (χ0) is 14.2. The predicted octanol–water partition coefficient (Wildman–Crippen LogP) is 5.14. The van der Waals surface area contributed by atoms with E-state index in [0.29, 0.717) is 21.2 Å². The van der Waals surface area contributed by atoms with Crippen molar-refractivity contribution in [2.75, 3.05) is 0 Å². The van der Waals surface area contributed by atoms with Crippen molar-refractivity contribution in [3.8, 4) is 0 Å². The van der Waals surface area contributed by atoms with Gasteiger partial charge >= 0.3 is 0 Å². The quantitative estimate of drug-likeness (QED) is 0.815. The Hall–Kier alpha value is -0.800. The lowest BCUT2D eigenvalue weighted by Gasteiger charge is -2.16. The van der Waals surface area contributed by atoms with Crippen molar-refractivity contribution in [1.82, 2.24) is 0 Å². The molecule has 0 amide bonds. The van der Waals surface area contributed by atoms with Crippen LogP contribution in [0.15, 0.2) is 30.3 Å². The van der Waals surface area contributed by atoms with Gasteiger partial charge in [0.15, 0.2) is 0 Å². The summed E-state index contributed by atoms with van der Waals surface area (Å²) in [5.74, 6) is -0.356.